The highest BCUT2D eigenvalue weighted by molar-refractivity contribution is 7.89. The van der Waals surface area contributed by atoms with E-state index >= 15 is 0 Å². The minimum Gasteiger partial charge on any atom is -0.464 e. The Morgan fingerprint density at radius 2 is 1.66 bits per heavy atom. The van der Waals surface area contributed by atoms with Crippen molar-refractivity contribution >= 4 is 21.9 Å². The molecule has 1 heterocycles. The number of ether oxygens (including phenoxy) is 1. The normalized spacial score (nSPS) is 18.4. The number of piperidine rings is 1. The number of hydrogen-bond acceptors (Lipinski definition) is 5. The summed E-state index contributed by atoms with van der Waals surface area (Å²) in [5.74, 6) is -0.441. The first-order valence-electron chi connectivity index (χ1n) is 10.2. The van der Waals surface area contributed by atoms with Gasteiger partial charge in [-0.1, -0.05) is 17.7 Å². The third-order valence-electron chi connectivity index (χ3n) is 5.61. The van der Waals surface area contributed by atoms with Crippen LogP contribution in [0.5, 0.6) is 0 Å². The maximum atomic E-state index is 13.1. The third-order valence-corrected chi connectivity index (χ3v) is 7.82. The number of sulfonamides is 1. The molecule has 1 saturated heterocycles. The molecule has 0 spiro atoms. The van der Waals surface area contributed by atoms with Gasteiger partial charge in [-0.05, 0) is 63.5 Å². The van der Waals surface area contributed by atoms with Gasteiger partial charge in [0.15, 0.2) is 0 Å². The summed E-state index contributed by atoms with van der Waals surface area (Å²) in [6, 6.07) is 3.75. The maximum Gasteiger partial charge on any atom is 0.325 e. The zero-order valence-electron chi connectivity index (χ0n) is 17.4. The number of rotatable bonds is 7. The second kappa shape index (κ2) is 8.83. The van der Waals surface area contributed by atoms with E-state index in [2.05, 4.69) is 5.32 Å². The van der Waals surface area contributed by atoms with Crippen LogP contribution in [-0.2, 0) is 24.3 Å². The van der Waals surface area contributed by atoms with Crippen LogP contribution >= 0.6 is 0 Å². The maximum absolute atomic E-state index is 13.1. The van der Waals surface area contributed by atoms with Crippen LogP contribution in [0.1, 0.15) is 42.4 Å². The molecule has 8 heteroatoms. The van der Waals surface area contributed by atoms with Crippen LogP contribution in [0.25, 0.3) is 0 Å². The average molecular weight is 423 g/mol. The van der Waals surface area contributed by atoms with Crippen molar-refractivity contribution in [2.45, 2.75) is 51.3 Å². The lowest BCUT2D eigenvalue weighted by atomic mass is 9.97. The average Bonchev–Trinajstić information content (AvgIpc) is 3.48. The summed E-state index contributed by atoms with van der Waals surface area (Å²) >= 11 is 0. The molecule has 3 rings (SSSR count). The van der Waals surface area contributed by atoms with E-state index in [-0.39, 0.29) is 18.4 Å². The number of nitrogens with one attached hydrogen (secondary N) is 1. The number of esters is 1. The van der Waals surface area contributed by atoms with E-state index in [4.69, 9.17) is 4.74 Å². The van der Waals surface area contributed by atoms with Crippen LogP contribution in [0.15, 0.2) is 17.0 Å². The summed E-state index contributed by atoms with van der Waals surface area (Å²) in [5, 5.41) is 2.62. The lowest BCUT2D eigenvalue weighted by molar-refractivity contribution is -0.144. The lowest BCUT2D eigenvalue weighted by Crippen LogP contribution is -2.44. The van der Waals surface area contributed by atoms with Crippen molar-refractivity contribution in [2.75, 3.05) is 26.2 Å². The van der Waals surface area contributed by atoms with E-state index in [9.17, 15) is 18.0 Å². The Balaban J connectivity index is 1.53. The van der Waals surface area contributed by atoms with Gasteiger partial charge >= 0.3 is 5.97 Å². The number of nitrogens with zero attached hydrogens (tertiary/aromatic N) is 1. The molecule has 2 fully saturated rings. The van der Waals surface area contributed by atoms with Crippen LogP contribution in [0.2, 0.25) is 0 Å². The smallest absolute Gasteiger partial charge is 0.325 e. The monoisotopic (exact) mass is 422 g/mol. The molecule has 1 aromatic rings. The van der Waals surface area contributed by atoms with E-state index in [0.717, 1.165) is 29.5 Å². The number of benzene rings is 1. The Hall–Kier alpha value is -1.93. The minimum atomic E-state index is -3.60. The van der Waals surface area contributed by atoms with Gasteiger partial charge in [0.1, 0.15) is 6.54 Å². The van der Waals surface area contributed by atoms with E-state index in [1.54, 1.807) is 0 Å². The zero-order chi connectivity index (χ0) is 21.2. The number of carbonyl (C=O) groups excluding carboxylic acids is 2. The molecule has 7 nitrogen and oxygen atoms in total. The predicted molar refractivity (Wildman–Crippen MR) is 109 cm³/mol. The fourth-order valence-corrected chi connectivity index (χ4v) is 5.79. The molecular weight excluding hydrogens is 392 g/mol. The molecule has 0 atom stereocenters. The molecule has 2 aliphatic rings. The Morgan fingerprint density at radius 1 is 1.07 bits per heavy atom. The Bertz CT molecular complexity index is 861. The molecule has 0 aromatic heterocycles. The molecule has 1 saturated carbocycles. The van der Waals surface area contributed by atoms with Gasteiger partial charge < -0.3 is 10.1 Å². The molecule has 1 aliphatic heterocycles. The Kier molecular flexibility index (Phi) is 6.63. The van der Waals surface area contributed by atoms with Gasteiger partial charge in [-0.3, -0.25) is 9.59 Å². The summed E-state index contributed by atoms with van der Waals surface area (Å²) in [6.07, 6.45) is 3.07. The zero-order valence-corrected chi connectivity index (χ0v) is 18.2. The fraction of sp³-hybridized carbons (Fsp3) is 0.619. The van der Waals surface area contributed by atoms with Gasteiger partial charge in [0.2, 0.25) is 15.9 Å². The van der Waals surface area contributed by atoms with Crippen molar-refractivity contribution in [1.82, 2.24) is 9.62 Å². The van der Waals surface area contributed by atoms with Crippen molar-refractivity contribution in [3.63, 3.8) is 0 Å². The summed E-state index contributed by atoms with van der Waals surface area (Å²) in [6.45, 7) is 6.46. The number of aryl methyl sites for hydroxylation is 3. The number of hydrogen-bond donors (Lipinski definition) is 1. The van der Waals surface area contributed by atoms with Crippen molar-refractivity contribution in [3.05, 3.63) is 28.8 Å². The Labute approximate surface area is 172 Å². The molecule has 1 amide bonds. The number of carbonyl (C=O) groups is 2. The highest BCUT2D eigenvalue weighted by Gasteiger charge is 2.34. The Morgan fingerprint density at radius 3 is 2.21 bits per heavy atom. The summed E-state index contributed by atoms with van der Waals surface area (Å²) in [7, 11) is -3.60. The highest BCUT2D eigenvalue weighted by atomic mass is 32.2. The van der Waals surface area contributed by atoms with Gasteiger partial charge in [0, 0.05) is 19.0 Å². The summed E-state index contributed by atoms with van der Waals surface area (Å²) in [5.41, 5.74) is 2.52. The second-order valence-corrected chi connectivity index (χ2v) is 10.1. The fourth-order valence-electron chi connectivity index (χ4n) is 3.91. The van der Waals surface area contributed by atoms with E-state index in [0.29, 0.717) is 43.4 Å². The minimum absolute atomic E-state index is 0.133. The molecule has 29 heavy (non-hydrogen) atoms. The standard InChI is InChI=1S/C21H30N2O5S/c1-14-10-15(2)20(16(3)11-14)29(26,27)23-8-6-18(7-9-23)21(25)22-12-19(24)28-13-17-4-5-17/h10-11,17-18H,4-9,12-13H2,1-3H3,(H,22,25). The molecule has 0 bridgehead atoms. The van der Waals surface area contributed by atoms with Crippen LogP contribution in [0.3, 0.4) is 0 Å². The first-order chi connectivity index (χ1) is 13.7. The van der Waals surface area contributed by atoms with Gasteiger partial charge in [0.25, 0.3) is 0 Å². The van der Waals surface area contributed by atoms with Crippen LogP contribution in [0, 0.1) is 32.6 Å². The van der Waals surface area contributed by atoms with Crippen LogP contribution in [-0.4, -0.2) is 50.8 Å². The predicted octanol–water partition coefficient (Wildman–Crippen LogP) is 2.08. The van der Waals surface area contributed by atoms with Gasteiger partial charge in [0.05, 0.1) is 11.5 Å². The molecule has 0 unspecified atom stereocenters. The molecule has 0 radical (unpaired) electrons. The second-order valence-electron chi connectivity index (χ2n) is 8.25. The first kappa shape index (κ1) is 21.8. The first-order valence-corrected chi connectivity index (χ1v) is 11.6. The highest BCUT2D eigenvalue weighted by Crippen LogP contribution is 2.29. The van der Waals surface area contributed by atoms with Crippen molar-refractivity contribution in [2.24, 2.45) is 11.8 Å². The van der Waals surface area contributed by atoms with Crippen molar-refractivity contribution in [3.8, 4) is 0 Å². The van der Waals surface area contributed by atoms with E-state index < -0.39 is 16.0 Å². The van der Waals surface area contributed by atoms with Gasteiger partial charge in [-0.2, -0.15) is 4.31 Å². The largest absolute Gasteiger partial charge is 0.464 e. The van der Waals surface area contributed by atoms with Gasteiger partial charge in [-0.25, -0.2) is 8.42 Å². The van der Waals surface area contributed by atoms with Crippen LogP contribution < -0.4 is 5.32 Å². The molecule has 1 aliphatic carbocycles. The molecule has 1 N–H and O–H groups in total. The topological polar surface area (TPSA) is 92.8 Å². The lowest BCUT2D eigenvalue weighted by Gasteiger charge is -2.31. The van der Waals surface area contributed by atoms with Gasteiger partial charge in [-0.15, -0.1) is 0 Å². The van der Waals surface area contributed by atoms with Crippen molar-refractivity contribution in [1.29, 1.82) is 0 Å². The quantitative estimate of drug-likeness (QED) is 0.679. The van der Waals surface area contributed by atoms with E-state index in [1.807, 2.05) is 32.9 Å². The van der Waals surface area contributed by atoms with E-state index in [1.165, 1.54) is 4.31 Å². The third kappa shape index (κ3) is 5.36. The molecular formula is C21H30N2O5S. The number of amides is 1. The summed E-state index contributed by atoms with van der Waals surface area (Å²) < 4.78 is 32.8. The van der Waals surface area contributed by atoms with Crippen molar-refractivity contribution < 1.29 is 22.7 Å². The molecule has 1 aromatic carbocycles. The van der Waals surface area contributed by atoms with Crippen LogP contribution in [0.4, 0.5) is 0 Å². The SMILES string of the molecule is Cc1cc(C)c(S(=O)(=O)N2CCC(C(=O)NCC(=O)OCC3CC3)CC2)c(C)c1. The summed E-state index contributed by atoms with van der Waals surface area (Å²) in [4.78, 5) is 24.4. The molecule has 160 valence electrons.